The molecule has 0 saturated carbocycles. The van der Waals surface area contributed by atoms with Crippen LogP contribution in [0.25, 0.3) is 0 Å². The number of rotatable bonds is 10. The molecular formula is C19H29F3N6OS. The number of piperazine rings is 1. The van der Waals surface area contributed by atoms with E-state index in [2.05, 4.69) is 28.4 Å². The van der Waals surface area contributed by atoms with Crippen LogP contribution in [0.15, 0.2) is 52.9 Å². The first-order chi connectivity index (χ1) is 14.0. The third kappa shape index (κ3) is 10.4. The maximum Gasteiger partial charge on any atom is 0.430 e. The second-order valence-electron chi connectivity index (χ2n) is 6.64. The molecule has 0 spiro atoms. The van der Waals surface area contributed by atoms with E-state index >= 15 is 0 Å². The van der Waals surface area contributed by atoms with Crippen LogP contribution in [0.4, 0.5) is 13.2 Å². The molecule has 1 amide bonds. The quantitative estimate of drug-likeness (QED) is 0.206. The Morgan fingerprint density at radius 3 is 2.40 bits per heavy atom. The number of primary amides is 1. The smallest absolute Gasteiger partial charge is 0.395 e. The number of hydrogen-bond acceptors (Lipinski definition) is 6. The summed E-state index contributed by atoms with van der Waals surface area (Å²) in [4.78, 5) is 18.8. The molecule has 0 radical (unpaired) electrons. The van der Waals surface area contributed by atoms with Gasteiger partial charge in [0.2, 0.25) is 5.91 Å². The first-order valence-electron chi connectivity index (χ1n) is 9.29. The van der Waals surface area contributed by atoms with Crippen molar-refractivity contribution >= 4 is 23.5 Å². The number of aliphatic imine (C=N–C) groups is 1. The molecular weight excluding hydrogens is 417 g/mol. The maximum atomic E-state index is 12.8. The zero-order chi connectivity index (χ0) is 22.7. The maximum absolute atomic E-state index is 12.8. The van der Waals surface area contributed by atoms with Crippen LogP contribution < -0.4 is 16.8 Å². The summed E-state index contributed by atoms with van der Waals surface area (Å²) < 4.78 is 38.3. The molecule has 0 aromatic rings. The lowest BCUT2D eigenvalue weighted by Gasteiger charge is -2.36. The van der Waals surface area contributed by atoms with Crippen LogP contribution in [0.2, 0.25) is 0 Å². The molecule has 5 N–H and O–H groups in total. The van der Waals surface area contributed by atoms with Crippen LogP contribution in [0.3, 0.4) is 0 Å². The summed E-state index contributed by atoms with van der Waals surface area (Å²) in [6.07, 6.45) is -0.149. The van der Waals surface area contributed by atoms with Crippen molar-refractivity contribution in [3.63, 3.8) is 0 Å². The first kappa shape index (κ1) is 25.6. The van der Waals surface area contributed by atoms with E-state index in [1.54, 1.807) is 11.8 Å². The van der Waals surface area contributed by atoms with Gasteiger partial charge in [0.25, 0.3) is 0 Å². The first-order valence-corrected chi connectivity index (χ1v) is 10.3. The molecule has 1 saturated heterocycles. The van der Waals surface area contributed by atoms with Gasteiger partial charge in [0, 0.05) is 56.0 Å². The number of nitrogens with one attached hydrogen (secondary N) is 1. The van der Waals surface area contributed by atoms with Crippen LogP contribution in [0.5, 0.6) is 0 Å². The van der Waals surface area contributed by atoms with E-state index in [9.17, 15) is 18.0 Å². The number of amidine groups is 1. The molecule has 1 aliphatic heterocycles. The molecule has 0 atom stereocenters. The Balaban J connectivity index is 2.45. The number of carbonyl (C=O) groups is 1. The van der Waals surface area contributed by atoms with Gasteiger partial charge in [-0.3, -0.25) is 9.69 Å². The van der Waals surface area contributed by atoms with E-state index in [-0.39, 0.29) is 5.84 Å². The number of carbonyl (C=O) groups excluding carboxylic acids is 1. The van der Waals surface area contributed by atoms with Crippen molar-refractivity contribution in [2.75, 3.05) is 38.5 Å². The van der Waals surface area contributed by atoms with Crippen LogP contribution in [-0.2, 0) is 4.79 Å². The molecule has 0 unspecified atom stereocenters. The predicted molar refractivity (Wildman–Crippen MR) is 116 cm³/mol. The van der Waals surface area contributed by atoms with Gasteiger partial charge in [-0.2, -0.15) is 13.2 Å². The Kier molecular flexibility index (Phi) is 10.5. The van der Waals surface area contributed by atoms with Gasteiger partial charge in [0.1, 0.15) is 11.5 Å². The summed E-state index contributed by atoms with van der Waals surface area (Å²) in [7, 11) is 0. The molecule has 1 rings (SSSR count). The minimum atomic E-state index is -4.59. The molecule has 11 heteroatoms. The summed E-state index contributed by atoms with van der Waals surface area (Å²) >= 11 is 1.53. The zero-order valence-electron chi connectivity index (χ0n) is 17.0. The van der Waals surface area contributed by atoms with Crippen molar-refractivity contribution in [3.05, 3.63) is 47.9 Å². The number of nitrogens with two attached hydrogens (primary N) is 2. The second kappa shape index (κ2) is 12.3. The fourth-order valence-corrected chi connectivity index (χ4v) is 3.22. The van der Waals surface area contributed by atoms with Crippen molar-refractivity contribution in [1.82, 2.24) is 15.1 Å². The lowest BCUT2D eigenvalue weighted by atomic mass is 10.2. The van der Waals surface area contributed by atoms with E-state index in [1.165, 1.54) is 24.0 Å². The largest absolute Gasteiger partial charge is 0.430 e. The number of alkyl halides is 3. The van der Waals surface area contributed by atoms with E-state index in [1.807, 2.05) is 0 Å². The summed E-state index contributed by atoms with van der Waals surface area (Å²) in [5.74, 6) is 0.482. The summed E-state index contributed by atoms with van der Waals surface area (Å²) in [6, 6.07) is 0. The minimum Gasteiger partial charge on any atom is -0.395 e. The van der Waals surface area contributed by atoms with Gasteiger partial charge >= 0.3 is 6.18 Å². The molecule has 7 nitrogen and oxygen atoms in total. The number of thioether (sulfide) groups is 1. The highest BCUT2D eigenvalue weighted by Crippen LogP contribution is 2.22. The molecule has 1 heterocycles. The van der Waals surface area contributed by atoms with Crippen molar-refractivity contribution in [1.29, 1.82) is 0 Å². The highest BCUT2D eigenvalue weighted by atomic mass is 32.2. The van der Waals surface area contributed by atoms with Gasteiger partial charge in [-0.15, -0.1) is 11.8 Å². The fourth-order valence-electron chi connectivity index (χ4n) is 2.55. The van der Waals surface area contributed by atoms with E-state index in [0.29, 0.717) is 36.9 Å². The average molecular weight is 447 g/mol. The summed E-state index contributed by atoms with van der Waals surface area (Å²) in [5, 5.41) is 3.58. The minimum absolute atomic E-state index is 0.180. The van der Waals surface area contributed by atoms with Crippen LogP contribution in [-0.4, -0.2) is 66.2 Å². The number of allylic oxidation sites excluding steroid dienone is 2. The van der Waals surface area contributed by atoms with Crippen molar-refractivity contribution in [3.8, 4) is 0 Å². The standard InChI is InChI=1S/C19H29F3N6OS/c1-14(2)26-18(13-16(23)19(20,21)22)28-10-8-27(9-11-28)7-4-12-30-15(3)25-6-5-17(24)29/h5-6,13,25H,1,3-4,7-12,23H2,2H3,(H2,24,29)/b6-5?,16-13-,26-18?. The number of hydrogen-bond donors (Lipinski definition) is 3. The van der Waals surface area contributed by atoms with Gasteiger partial charge in [0.05, 0.1) is 5.03 Å². The molecule has 0 bridgehead atoms. The van der Waals surface area contributed by atoms with Crippen LogP contribution in [0, 0.1) is 0 Å². The SMILES string of the molecule is C=C(C)N=C(/C=C(\N)C(F)(F)F)N1CCN(CCCSC(=C)NC=CC(N)=O)CC1. The van der Waals surface area contributed by atoms with Crippen LogP contribution >= 0.6 is 11.8 Å². The van der Waals surface area contributed by atoms with Gasteiger partial charge in [-0.05, 0) is 19.9 Å². The Morgan fingerprint density at radius 2 is 1.87 bits per heavy atom. The monoisotopic (exact) mass is 446 g/mol. The van der Waals surface area contributed by atoms with Gasteiger partial charge < -0.3 is 21.7 Å². The Hall–Kier alpha value is -2.40. The van der Waals surface area contributed by atoms with E-state index in [4.69, 9.17) is 11.5 Å². The van der Waals surface area contributed by atoms with Crippen molar-refractivity contribution in [2.24, 2.45) is 16.5 Å². The molecule has 1 aliphatic rings. The highest BCUT2D eigenvalue weighted by molar-refractivity contribution is 8.02. The third-order valence-corrected chi connectivity index (χ3v) is 4.96. The van der Waals surface area contributed by atoms with Crippen molar-refractivity contribution < 1.29 is 18.0 Å². The number of nitrogens with zero attached hydrogens (tertiary/aromatic N) is 3. The molecule has 1 fully saturated rings. The lowest BCUT2D eigenvalue weighted by molar-refractivity contribution is -0.113. The molecule has 0 aliphatic carbocycles. The summed E-state index contributed by atoms with van der Waals surface area (Å²) in [6.45, 7) is 12.5. The Labute approximate surface area is 179 Å². The molecule has 168 valence electrons. The molecule has 30 heavy (non-hydrogen) atoms. The van der Waals surface area contributed by atoms with Crippen LogP contribution in [0.1, 0.15) is 13.3 Å². The zero-order valence-corrected chi connectivity index (χ0v) is 17.9. The van der Waals surface area contributed by atoms with Crippen molar-refractivity contribution in [2.45, 2.75) is 19.5 Å². The van der Waals surface area contributed by atoms with E-state index < -0.39 is 17.8 Å². The number of amides is 1. The second-order valence-corrected chi connectivity index (χ2v) is 7.83. The van der Waals surface area contributed by atoms with E-state index in [0.717, 1.165) is 24.8 Å². The Morgan fingerprint density at radius 1 is 1.23 bits per heavy atom. The normalized spacial score (nSPS) is 16.7. The fraction of sp³-hybridized carbons (Fsp3) is 0.474. The Bertz CT molecular complexity index is 710. The van der Waals surface area contributed by atoms with Gasteiger partial charge in [0.15, 0.2) is 0 Å². The average Bonchev–Trinajstić information content (AvgIpc) is 2.63. The third-order valence-electron chi connectivity index (χ3n) is 4.00. The summed E-state index contributed by atoms with van der Waals surface area (Å²) in [5.41, 5.74) is 9.39. The lowest BCUT2D eigenvalue weighted by Crippen LogP contribution is -2.48. The molecule has 0 aromatic carbocycles. The van der Waals surface area contributed by atoms with Gasteiger partial charge in [-0.1, -0.05) is 13.2 Å². The number of halogens is 3. The molecule has 0 aromatic heterocycles. The highest BCUT2D eigenvalue weighted by Gasteiger charge is 2.32. The van der Waals surface area contributed by atoms with Gasteiger partial charge in [-0.25, -0.2) is 4.99 Å². The topological polar surface area (TPSA) is 100.0 Å². The predicted octanol–water partition coefficient (Wildman–Crippen LogP) is 2.12.